The van der Waals surface area contributed by atoms with Crippen LogP contribution in [0.5, 0.6) is 0 Å². The maximum Gasteiger partial charge on any atom is 0.317 e. The second kappa shape index (κ2) is 7.02. The zero-order valence-electron chi connectivity index (χ0n) is 11.2. The van der Waals surface area contributed by atoms with Gasteiger partial charge in [-0.1, -0.05) is 17.7 Å². The van der Waals surface area contributed by atoms with E-state index in [-0.39, 0.29) is 12.4 Å². The molecule has 0 unspecified atom stereocenters. The van der Waals surface area contributed by atoms with Gasteiger partial charge >= 0.3 is 5.97 Å². The fourth-order valence-electron chi connectivity index (χ4n) is 2.44. The highest BCUT2D eigenvalue weighted by molar-refractivity contribution is 6.31. The summed E-state index contributed by atoms with van der Waals surface area (Å²) in [6, 6.07) is 4.70. The molecule has 110 valence electrons. The lowest BCUT2D eigenvalue weighted by Crippen LogP contribution is -2.34. The van der Waals surface area contributed by atoms with Gasteiger partial charge in [0.2, 0.25) is 0 Å². The van der Waals surface area contributed by atoms with Crippen molar-refractivity contribution in [2.24, 2.45) is 0 Å². The molecule has 0 amide bonds. The molecule has 2 rings (SSSR count). The van der Waals surface area contributed by atoms with Crippen molar-refractivity contribution in [2.75, 3.05) is 32.7 Å². The lowest BCUT2D eigenvalue weighted by molar-refractivity contribution is -0.138. The number of rotatable bonds is 4. The summed E-state index contributed by atoms with van der Waals surface area (Å²) in [6.07, 6.45) is 0.874. The summed E-state index contributed by atoms with van der Waals surface area (Å²) in [5.41, 5.74) is 0.515. The van der Waals surface area contributed by atoms with Crippen molar-refractivity contribution in [2.45, 2.75) is 13.0 Å². The SMILES string of the molecule is O=C(O)CN1CCCN(Cc2c(F)cccc2Cl)CC1. The smallest absolute Gasteiger partial charge is 0.317 e. The minimum Gasteiger partial charge on any atom is -0.480 e. The quantitative estimate of drug-likeness (QED) is 0.924. The van der Waals surface area contributed by atoms with Gasteiger partial charge in [0, 0.05) is 36.8 Å². The van der Waals surface area contributed by atoms with Crippen molar-refractivity contribution in [1.29, 1.82) is 0 Å². The topological polar surface area (TPSA) is 43.8 Å². The molecule has 0 bridgehead atoms. The van der Waals surface area contributed by atoms with Crippen LogP contribution in [0.25, 0.3) is 0 Å². The number of nitrogens with zero attached hydrogens (tertiary/aromatic N) is 2. The van der Waals surface area contributed by atoms with Gasteiger partial charge in [-0.15, -0.1) is 0 Å². The Kier molecular flexibility index (Phi) is 5.34. The molecule has 0 spiro atoms. The van der Waals surface area contributed by atoms with E-state index < -0.39 is 5.97 Å². The minimum atomic E-state index is -0.810. The highest BCUT2D eigenvalue weighted by atomic mass is 35.5. The highest BCUT2D eigenvalue weighted by Gasteiger charge is 2.18. The molecular formula is C14H18ClFN2O2. The second-order valence-electron chi connectivity index (χ2n) is 5.00. The van der Waals surface area contributed by atoms with E-state index in [1.165, 1.54) is 6.07 Å². The van der Waals surface area contributed by atoms with Crippen molar-refractivity contribution >= 4 is 17.6 Å². The van der Waals surface area contributed by atoms with Crippen LogP contribution >= 0.6 is 11.6 Å². The normalized spacial score (nSPS) is 17.9. The summed E-state index contributed by atoms with van der Waals surface area (Å²) in [5, 5.41) is 9.25. The third-order valence-electron chi connectivity index (χ3n) is 3.48. The van der Waals surface area contributed by atoms with Gasteiger partial charge in [0.1, 0.15) is 5.82 Å². The van der Waals surface area contributed by atoms with Crippen LogP contribution in [0.2, 0.25) is 5.02 Å². The van der Waals surface area contributed by atoms with Crippen LogP contribution in [0.4, 0.5) is 4.39 Å². The molecule has 1 heterocycles. The molecule has 6 heteroatoms. The average molecular weight is 301 g/mol. The first-order valence-corrected chi connectivity index (χ1v) is 7.03. The van der Waals surface area contributed by atoms with Gasteiger partial charge in [-0.2, -0.15) is 0 Å². The lowest BCUT2D eigenvalue weighted by atomic mass is 10.2. The number of halogens is 2. The second-order valence-corrected chi connectivity index (χ2v) is 5.41. The predicted octanol–water partition coefficient (Wildman–Crippen LogP) is 2.07. The first-order chi connectivity index (χ1) is 9.56. The Balaban J connectivity index is 1.96. The lowest BCUT2D eigenvalue weighted by Gasteiger charge is -2.21. The predicted molar refractivity (Wildman–Crippen MR) is 75.4 cm³/mol. The number of carbonyl (C=O) groups is 1. The zero-order valence-corrected chi connectivity index (χ0v) is 11.9. The number of carboxylic acid groups (broad SMARTS) is 1. The van der Waals surface area contributed by atoms with Crippen LogP contribution in [0.15, 0.2) is 18.2 Å². The van der Waals surface area contributed by atoms with E-state index in [1.54, 1.807) is 12.1 Å². The molecule has 0 saturated carbocycles. The van der Waals surface area contributed by atoms with Crippen LogP contribution in [-0.2, 0) is 11.3 Å². The first kappa shape index (κ1) is 15.2. The van der Waals surface area contributed by atoms with E-state index in [9.17, 15) is 9.18 Å². The van der Waals surface area contributed by atoms with Gasteiger partial charge in [0.25, 0.3) is 0 Å². The van der Waals surface area contributed by atoms with Gasteiger partial charge in [0.05, 0.1) is 6.54 Å². The van der Waals surface area contributed by atoms with Crippen LogP contribution < -0.4 is 0 Å². The summed E-state index contributed by atoms with van der Waals surface area (Å²) in [7, 11) is 0. The maximum atomic E-state index is 13.8. The van der Waals surface area contributed by atoms with Gasteiger partial charge < -0.3 is 5.11 Å². The Morgan fingerprint density at radius 3 is 2.65 bits per heavy atom. The van der Waals surface area contributed by atoms with Crippen molar-refractivity contribution in [3.05, 3.63) is 34.6 Å². The largest absolute Gasteiger partial charge is 0.480 e. The Labute approximate surface area is 122 Å². The van der Waals surface area contributed by atoms with Crippen LogP contribution in [0, 0.1) is 5.82 Å². The van der Waals surface area contributed by atoms with E-state index in [0.29, 0.717) is 23.7 Å². The number of benzene rings is 1. The molecule has 20 heavy (non-hydrogen) atoms. The highest BCUT2D eigenvalue weighted by Crippen LogP contribution is 2.21. The maximum absolute atomic E-state index is 13.8. The Hall–Kier alpha value is -1.17. The Morgan fingerprint density at radius 2 is 1.95 bits per heavy atom. The molecule has 0 atom stereocenters. The molecule has 0 aliphatic carbocycles. The van der Waals surface area contributed by atoms with Gasteiger partial charge in [-0.25, -0.2) is 4.39 Å². The van der Waals surface area contributed by atoms with Crippen molar-refractivity contribution in [3.8, 4) is 0 Å². The minimum absolute atomic E-state index is 0.0638. The average Bonchev–Trinajstić information content (AvgIpc) is 2.59. The summed E-state index contributed by atoms with van der Waals surface area (Å²) < 4.78 is 13.8. The standard InChI is InChI=1S/C14H18ClFN2O2/c15-12-3-1-4-13(16)11(12)9-17-5-2-6-18(8-7-17)10-14(19)20/h1,3-4H,2,5-10H2,(H,19,20). The first-order valence-electron chi connectivity index (χ1n) is 6.65. The number of hydrogen-bond acceptors (Lipinski definition) is 3. The van der Waals surface area contributed by atoms with Crippen LogP contribution in [-0.4, -0.2) is 53.6 Å². The van der Waals surface area contributed by atoms with Gasteiger partial charge in [-0.05, 0) is 25.1 Å². The van der Waals surface area contributed by atoms with E-state index in [0.717, 1.165) is 26.1 Å². The summed E-state index contributed by atoms with van der Waals surface area (Å²) in [5.74, 6) is -1.10. The summed E-state index contributed by atoms with van der Waals surface area (Å²) in [6.45, 7) is 3.51. The summed E-state index contributed by atoms with van der Waals surface area (Å²) in [4.78, 5) is 14.7. The van der Waals surface area contributed by atoms with Gasteiger partial charge in [0.15, 0.2) is 0 Å². The van der Waals surface area contributed by atoms with E-state index in [2.05, 4.69) is 4.90 Å². The van der Waals surface area contributed by atoms with Gasteiger partial charge in [-0.3, -0.25) is 14.6 Å². The number of hydrogen-bond donors (Lipinski definition) is 1. The molecule has 1 aliphatic heterocycles. The molecular weight excluding hydrogens is 283 g/mol. The van der Waals surface area contributed by atoms with Crippen molar-refractivity contribution < 1.29 is 14.3 Å². The van der Waals surface area contributed by atoms with E-state index in [4.69, 9.17) is 16.7 Å². The molecule has 1 aliphatic rings. The monoisotopic (exact) mass is 300 g/mol. The Morgan fingerprint density at radius 1 is 1.25 bits per heavy atom. The van der Waals surface area contributed by atoms with Crippen molar-refractivity contribution in [3.63, 3.8) is 0 Å². The molecule has 1 aromatic rings. The number of carboxylic acids is 1. The molecule has 1 aromatic carbocycles. The van der Waals surface area contributed by atoms with Crippen LogP contribution in [0.3, 0.4) is 0 Å². The molecule has 4 nitrogen and oxygen atoms in total. The third kappa shape index (κ3) is 4.16. The Bertz CT molecular complexity index is 464. The van der Waals surface area contributed by atoms with Crippen molar-refractivity contribution in [1.82, 2.24) is 9.80 Å². The molecule has 1 fully saturated rings. The molecule has 0 radical (unpaired) electrons. The molecule has 1 N–H and O–H groups in total. The van der Waals surface area contributed by atoms with Crippen LogP contribution in [0.1, 0.15) is 12.0 Å². The third-order valence-corrected chi connectivity index (χ3v) is 3.84. The number of aliphatic carboxylic acids is 1. The summed E-state index contributed by atoms with van der Waals surface area (Å²) >= 11 is 6.03. The molecule has 1 saturated heterocycles. The fourth-order valence-corrected chi connectivity index (χ4v) is 2.66. The zero-order chi connectivity index (χ0) is 14.5. The van der Waals surface area contributed by atoms with E-state index in [1.807, 2.05) is 4.90 Å². The fraction of sp³-hybridized carbons (Fsp3) is 0.500. The molecule has 0 aromatic heterocycles. The van der Waals surface area contributed by atoms with E-state index >= 15 is 0 Å².